The van der Waals surface area contributed by atoms with Crippen molar-refractivity contribution in [1.29, 1.82) is 0 Å². The zero-order chi connectivity index (χ0) is 14.5. The van der Waals surface area contributed by atoms with Crippen molar-refractivity contribution in [3.05, 3.63) is 47.3 Å². The summed E-state index contributed by atoms with van der Waals surface area (Å²) < 4.78 is 7.83. The normalized spacial score (nSPS) is 12.4. The van der Waals surface area contributed by atoms with Crippen LogP contribution < -0.4 is 4.74 Å². The largest absolute Gasteiger partial charge is 0.487 e. The van der Waals surface area contributed by atoms with E-state index in [0.29, 0.717) is 6.61 Å². The minimum Gasteiger partial charge on any atom is -0.487 e. The lowest BCUT2D eigenvalue weighted by Gasteiger charge is -2.13. The Morgan fingerprint density at radius 3 is 2.70 bits per heavy atom. The lowest BCUT2D eigenvalue weighted by Crippen LogP contribution is -2.07. The van der Waals surface area contributed by atoms with Crippen molar-refractivity contribution in [3.63, 3.8) is 0 Å². The SMILES string of the molecule is CCc1cc(COc2ccccc2[C@H](C)O)n(CC)n1. The van der Waals surface area contributed by atoms with E-state index in [-0.39, 0.29) is 0 Å². The first kappa shape index (κ1) is 14.6. The molecular weight excluding hydrogens is 252 g/mol. The molecular formula is C16H22N2O2. The molecule has 0 bridgehead atoms. The third kappa shape index (κ3) is 3.20. The molecule has 0 unspecified atom stereocenters. The molecule has 1 aromatic heterocycles. The highest BCUT2D eigenvalue weighted by Gasteiger charge is 2.10. The van der Waals surface area contributed by atoms with Gasteiger partial charge >= 0.3 is 0 Å². The second kappa shape index (κ2) is 6.57. The van der Waals surface area contributed by atoms with Crippen LogP contribution in [-0.2, 0) is 19.6 Å². The van der Waals surface area contributed by atoms with E-state index in [4.69, 9.17) is 4.74 Å². The van der Waals surface area contributed by atoms with E-state index in [1.54, 1.807) is 6.92 Å². The number of ether oxygens (including phenoxy) is 1. The average molecular weight is 274 g/mol. The predicted molar refractivity (Wildman–Crippen MR) is 78.7 cm³/mol. The molecule has 0 saturated carbocycles. The average Bonchev–Trinajstić information content (AvgIpc) is 2.87. The van der Waals surface area contributed by atoms with Crippen molar-refractivity contribution in [2.24, 2.45) is 0 Å². The molecule has 0 fully saturated rings. The number of hydrogen-bond acceptors (Lipinski definition) is 3. The standard InChI is InChI=1S/C16H22N2O2/c1-4-13-10-14(18(5-2)17-13)11-20-16-9-7-6-8-15(16)12(3)19/h6-10,12,19H,4-5,11H2,1-3H3/t12-/m0/s1. The zero-order valence-corrected chi connectivity index (χ0v) is 12.3. The van der Waals surface area contributed by atoms with Crippen LogP contribution in [0.25, 0.3) is 0 Å². The summed E-state index contributed by atoms with van der Waals surface area (Å²) in [4.78, 5) is 0. The molecule has 0 saturated heterocycles. The van der Waals surface area contributed by atoms with Gasteiger partial charge in [-0.2, -0.15) is 5.10 Å². The number of nitrogens with zero attached hydrogens (tertiary/aromatic N) is 2. The van der Waals surface area contributed by atoms with Crippen molar-refractivity contribution in [2.45, 2.75) is 46.4 Å². The number of rotatable bonds is 6. The summed E-state index contributed by atoms with van der Waals surface area (Å²) in [5, 5.41) is 14.3. The first-order valence-electron chi connectivity index (χ1n) is 7.11. The molecule has 0 spiro atoms. The third-order valence-corrected chi connectivity index (χ3v) is 3.32. The summed E-state index contributed by atoms with van der Waals surface area (Å²) in [7, 11) is 0. The van der Waals surface area contributed by atoms with E-state index in [0.717, 1.165) is 35.7 Å². The number of aryl methyl sites for hydroxylation is 2. The van der Waals surface area contributed by atoms with Gasteiger partial charge in [0, 0.05) is 12.1 Å². The topological polar surface area (TPSA) is 47.3 Å². The molecule has 2 rings (SSSR count). The first-order chi connectivity index (χ1) is 9.65. The second-order valence-corrected chi connectivity index (χ2v) is 4.80. The molecule has 0 radical (unpaired) electrons. The van der Waals surface area contributed by atoms with Crippen LogP contribution in [0.4, 0.5) is 0 Å². The van der Waals surface area contributed by atoms with Crippen LogP contribution in [0.3, 0.4) is 0 Å². The van der Waals surface area contributed by atoms with Gasteiger partial charge in [0.05, 0.1) is 17.5 Å². The van der Waals surface area contributed by atoms with Gasteiger partial charge in [-0.15, -0.1) is 0 Å². The summed E-state index contributed by atoms with van der Waals surface area (Å²) in [6.45, 7) is 7.20. The Hall–Kier alpha value is -1.81. The van der Waals surface area contributed by atoms with Crippen LogP contribution in [0.15, 0.2) is 30.3 Å². The lowest BCUT2D eigenvalue weighted by atomic mass is 10.1. The van der Waals surface area contributed by atoms with E-state index < -0.39 is 6.10 Å². The van der Waals surface area contributed by atoms with Gasteiger partial charge in [-0.1, -0.05) is 25.1 Å². The molecule has 1 aromatic carbocycles. The number of para-hydroxylation sites is 1. The molecule has 0 aliphatic heterocycles. The van der Waals surface area contributed by atoms with Gasteiger partial charge in [-0.05, 0) is 32.4 Å². The minimum atomic E-state index is -0.534. The van der Waals surface area contributed by atoms with Crippen molar-refractivity contribution in [1.82, 2.24) is 9.78 Å². The number of aliphatic hydroxyl groups is 1. The molecule has 1 heterocycles. The Balaban J connectivity index is 2.14. The van der Waals surface area contributed by atoms with Gasteiger partial charge in [0.2, 0.25) is 0 Å². The number of hydrogen-bond donors (Lipinski definition) is 1. The molecule has 1 N–H and O–H groups in total. The highest BCUT2D eigenvalue weighted by atomic mass is 16.5. The Bertz CT molecular complexity index is 561. The maximum absolute atomic E-state index is 9.75. The monoisotopic (exact) mass is 274 g/mol. The summed E-state index contributed by atoms with van der Waals surface area (Å²) in [6, 6.07) is 9.66. The maximum Gasteiger partial charge on any atom is 0.130 e. The van der Waals surface area contributed by atoms with Crippen LogP contribution >= 0.6 is 0 Å². The highest BCUT2D eigenvalue weighted by molar-refractivity contribution is 5.34. The highest BCUT2D eigenvalue weighted by Crippen LogP contribution is 2.25. The Labute approximate surface area is 120 Å². The molecule has 4 heteroatoms. The predicted octanol–water partition coefficient (Wildman–Crippen LogP) is 3.10. The van der Waals surface area contributed by atoms with E-state index in [1.807, 2.05) is 28.9 Å². The maximum atomic E-state index is 9.75. The molecule has 108 valence electrons. The van der Waals surface area contributed by atoms with E-state index >= 15 is 0 Å². The van der Waals surface area contributed by atoms with E-state index in [2.05, 4.69) is 25.0 Å². The molecule has 1 atom stereocenters. The number of aliphatic hydroxyl groups excluding tert-OH is 1. The van der Waals surface area contributed by atoms with Gasteiger partial charge in [0.1, 0.15) is 12.4 Å². The fourth-order valence-electron chi connectivity index (χ4n) is 2.19. The molecule has 2 aromatic rings. The molecule has 0 aliphatic rings. The van der Waals surface area contributed by atoms with Crippen LogP contribution in [0.5, 0.6) is 5.75 Å². The lowest BCUT2D eigenvalue weighted by molar-refractivity contribution is 0.189. The Morgan fingerprint density at radius 2 is 2.05 bits per heavy atom. The molecule has 0 aliphatic carbocycles. The van der Waals surface area contributed by atoms with Gasteiger partial charge in [0.15, 0.2) is 0 Å². The summed E-state index contributed by atoms with van der Waals surface area (Å²) in [5.41, 5.74) is 2.95. The van der Waals surface area contributed by atoms with Crippen molar-refractivity contribution in [3.8, 4) is 5.75 Å². The smallest absolute Gasteiger partial charge is 0.130 e. The van der Waals surface area contributed by atoms with Crippen LogP contribution in [0.2, 0.25) is 0 Å². The zero-order valence-electron chi connectivity index (χ0n) is 12.3. The van der Waals surface area contributed by atoms with E-state index in [9.17, 15) is 5.11 Å². The van der Waals surface area contributed by atoms with E-state index in [1.165, 1.54) is 0 Å². The molecule has 20 heavy (non-hydrogen) atoms. The van der Waals surface area contributed by atoms with Gasteiger partial charge in [-0.25, -0.2) is 0 Å². The van der Waals surface area contributed by atoms with Crippen molar-refractivity contribution < 1.29 is 9.84 Å². The molecule has 0 amide bonds. The fraction of sp³-hybridized carbons (Fsp3) is 0.438. The number of benzene rings is 1. The van der Waals surface area contributed by atoms with Crippen LogP contribution in [-0.4, -0.2) is 14.9 Å². The third-order valence-electron chi connectivity index (χ3n) is 3.32. The quantitative estimate of drug-likeness (QED) is 0.880. The van der Waals surface area contributed by atoms with Crippen LogP contribution in [0.1, 0.15) is 43.8 Å². The first-order valence-corrected chi connectivity index (χ1v) is 7.11. The summed E-state index contributed by atoms with van der Waals surface area (Å²) in [5.74, 6) is 0.726. The van der Waals surface area contributed by atoms with Gasteiger partial charge in [0.25, 0.3) is 0 Å². The fourth-order valence-corrected chi connectivity index (χ4v) is 2.19. The Morgan fingerprint density at radius 1 is 1.30 bits per heavy atom. The van der Waals surface area contributed by atoms with Crippen molar-refractivity contribution in [2.75, 3.05) is 0 Å². The van der Waals surface area contributed by atoms with Crippen LogP contribution in [0, 0.1) is 0 Å². The van der Waals surface area contributed by atoms with Gasteiger partial charge in [-0.3, -0.25) is 4.68 Å². The Kier molecular flexibility index (Phi) is 4.79. The second-order valence-electron chi connectivity index (χ2n) is 4.80. The minimum absolute atomic E-state index is 0.463. The number of aromatic nitrogens is 2. The van der Waals surface area contributed by atoms with Gasteiger partial charge < -0.3 is 9.84 Å². The summed E-state index contributed by atoms with van der Waals surface area (Å²) in [6.07, 6.45) is 0.387. The van der Waals surface area contributed by atoms with Crippen molar-refractivity contribution >= 4 is 0 Å². The molecule has 4 nitrogen and oxygen atoms in total. The summed E-state index contributed by atoms with van der Waals surface area (Å²) >= 11 is 0.